The number of nitrogens with one attached hydrogen (secondary N) is 2. The highest BCUT2D eigenvalue weighted by atomic mass is 16.7. The third-order valence-electron chi connectivity index (χ3n) is 6.37. The van der Waals surface area contributed by atoms with Gasteiger partial charge in [0, 0.05) is 13.0 Å². The quantitative estimate of drug-likeness (QED) is 0.516. The zero-order chi connectivity index (χ0) is 24.4. The van der Waals surface area contributed by atoms with E-state index in [1.54, 1.807) is 19.1 Å². The molecule has 5 rings (SSSR count). The van der Waals surface area contributed by atoms with Gasteiger partial charge in [0.2, 0.25) is 12.7 Å². The molecule has 8 heteroatoms. The lowest BCUT2D eigenvalue weighted by molar-refractivity contribution is -0.138. The van der Waals surface area contributed by atoms with Gasteiger partial charge in [-0.05, 0) is 35.7 Å². The molecule has 3 aromatic carbocycles. The van der Waals surface area contributed by atoms with E-state index in [0.29, 0.717) is 17.1 Å². The Morgan fingerprint density at radius 2 is 1.66 bits per heavy atom. The lowest BCUT2D eigenvalue weighted by atomic mass is 9.83. The molecule has 0 bridgehead atoms. The van der Waals surface area contributed by atoms with Crippen LogP contribution in [0.5, 0.6) is 11.5 Å². The number of hydrogen-bond donors (Lipinski definition) is 2. The zero-order valence-electron chi connectivity index (χ0n) is 19.2. The summed E-state index contributed by atoms with van der Waals surface area (Å²) in [6, 6.07) is 22.4. The summed E-state index contributed by atoms with van der Waals surface area (Å²) in [7, 11) is 0. The number of imide groups is 1. The third-order valence-corrected chi connectivity index (χ3v) is 6.37. The third kappa shape index (κ3) is 4.19. The van der Waals surface area contributed by atoms with E-state index in [1.165, 1.54) is 0 Å². The van der Waals surface area contributed by atoms with Crippen molar-refractivity contribution in [1.82, 2.24) is 15.5 Å². The number of nitrogens with zero attached hydrogens (tertiary/aromatic N) is 1. The van der Waals surface area contributed by atoms with Gasteiger partial charge in [-0.25, -0.2) is 9.69 Å². The van der Waals surface area contributed by atoms with E-state index in [-0.39, 0.29) is 19.8 Å². The van der Waals surface area contributed by atoms with Crippen molar-refractivity contribution >= 4 is 17.8 Å². The number of ether oxygens (including phenoxy) is 2. The Morgan fingerprint density at radius 1 is 0.971 bits per heavy atom. The fourth-order valence-corrected chi connectivity index (χ4v) is 4.49. The Labute approximate surface area is 202 Å². The van der Waals surface area contributed by atoms with E-state index in [1.807, 2.05) is 66.7 Å². The first kappa shape index (κ1) is 22.5. The second kappa shape index (κ2) is 9.13. The number of carbonyl (C=O) groups is 3. The van der Waals surface area contributed by atoms with Crippen LogP contribution in [0.25, 0.3) is 0 Å². The first-order chi connectivity index (χ1) is 17.0. The summed E-state index contributed by atoms with van der Waals surface area (Å²) in [4.78, 5) is 40.9. The molecule has 0 radical (unpaired) electrons. The molecular formula is C27H25N3O5. The van der Waals surface area contributed by atoms with Crippen molar-refractivity contribution < 1.29 is 23.9 Å². The molecule has 1 saturated heterocycles. The first-order valence-electron chi connectivity index (χ1n) is 11.4. The van der Waals surface area contributed by atoms with Gasteiger partial charge in [0.1, 0.15) is 6.04 Å². The summed E-state index contributed by atoms with van der Waals surface area (Å²) in [5.74, 6) is 0.383. The molecule has 0 aliphatic carbocycles. The topological polar surface area (TPSA) is 97.0 Å². The van der Waals surface area contributed by atoms with E-state index in [4.69, 9.17) is 9.47 Å². The largest absolute Gasteiger partial charge is 0.454 e. The van der Waals surface area contributed by atoms with Gasteiger partial charge < -0.3 is 20.1 Å². The van der Waals surface area contributed by atoms with Crippen LogP contribution in [0.1, 0.15) is 23.6 Å². The SMILES string of the molecule is C[C@H](C(=O)NCc1ccc2c(c1)OCO2)N1C(=O)N[C@](Cc2ccccc2)(c2ccccc2)C1=O. The smallest absolute Gasteiger partial charge is 0.326 e. The molecule has 3 aromatic rings. The molecule has 2 N–H and O–H groups in total. The summed E-state index contributed by atoms with van der Waals surface area (Å²) in [5.41, 5.74) is 1.07. The molecule has 178 valence electrons. The van der Waals surface area contributed by atoms with Crippen LogP contribution in [0, 0.1) is 0 Å². The number of fused-ring (bicyclic) bond motifs is 1. The molecule has 4 amide bonds. The van der Waals surface area contributed by atoms with Crippen LogP contribution in [0.4, 0.5) is 4.79 Å². The highest BCUT2D eigenvalue weighted by Crippen LogP contribution is 2.34. The van der Waals surface area contributed by atoms with Gasteiger partial charge in [0.05, 0.1) is 0 Å². The Kier molecular flexibility index (Phi) is 5.86. The molecule has 2 atom stereocenters. The molecule has 2 aliphatic heterocycles. The first-order valence-corrected chi connectivity index (χ1v) is 11.4. The van der Waals surface area contributed by atoms with Gasteiger partial charge in [-0.15, -0.1) is 0 Å². The summed E-state index contributed by atoms with van der Waals surface area (Å²) in [6.45, 7) is 1.94. The molecule has 0 aromatic heterocycles. The van der Waals surface area contributed by atoms with Crippen molar-refractivity contribution in [2.45, 2.75) is 31.5 Å². The van der Waals surface area contributed by atoms with E-state index in [9.17, 15) is 14.4 Å². The van der Waals surface area contributed by atoms with Gasteiger partial charge in [-0.2, -0.15) is 0 Å². The molecule has 0 spiro atoms. The highest BCUT2D eigenvalue weighted by molar-refractivity contribution is 6.10. The second-order valence-corrected chi connectivity index (χ2v) is 8.62. The van der Waals surface area contributed by atoms with Crippen molar-refractivity contribution in [1.29, 1.82) is 0 Å². The van der Waals surface area contributed by atoms with Gasteiger partial charge in [-0.1, -0.05) is 66.7 Å². The molecule has 1 fully saturated rings. The number of rotatable bonds is 7. The second-order valence-electron chi connectivity index (χ2n) is 8.62. The van der Waals surface area contributed by atoms with Crippen LogP contribution in [0.2, 0.25) is 0 Å². The van der Waals surface area contributed by atoms with Crippen LogP contribution < -0.4 is 20.1 Å². The molecule has 0 unspecified atom stereocenters. The van der Waals surface area contributed by atoms with Crippen molar-refractivity contribution in [2.24, 2.45) is 0 Å². The fraction of sp³-hybridized carbons (Fsp3) is 0.222. The van der Waals surface area contributed by atoms with Crippen molar-refractivity contribution in [3.05, 3.63) is 95.6 Å². The minimum Gasteiger partial charge on any atom is -0.454 e. The summed E-state index contributed by atoms with van der Waals surface area (Å²) >= 11 is 0. The van der Waals surface area contributed by atoms with Crippen LogP contribution >= 0.6 is 0 Å². The minimum atomic E-state index is -1.30. The maximum atomic E-state index is 13.8. The van der Waals surface area contributed by atoms with E-state index in [2.05, 4.69) is 10.6 Å². The molecular weight excluding hydrogens is 446 g/mol. The maximum absolute atomic E-state index is 13.8. The molecule has 2 heterocycles. The van der Waals surface area contributed by atoms with Crippen LogP contribution in [0.3, 0.4) is 0 Å². The van der Waals surface area contributed by atoms with Crippen molar-refractivity contribution in [3.8, 4) is 11.5 Å². The molecule has 2 aliphatic rings. The Hall–Kier alpha value is -4.33. The average Bonchev–Trinajstić information content (AvgIpc) is 3.45. The van der Waals surface area contributed by atoms with Gasteiger partial charge in [-0.3, -0.25) is 9.59 Å². The number of benzene rings is 3. The minimum absolute atomic E-state index is 0.167. The molecule has 8 nitrogen and oxygen atoms in total. The van der Waals surface area contributed by atoms with Crippen LogP contribution in [-0.2, 0) is 28.1 Å². The molecule has 35 heavy (non-hydrogen) atoms. The highest BCUT2D eigenvalue weighted by Gasteiger charge is 2.54. The van der Waals surface area contributed by atoms with Gasteiger partial charge in [0.25, 0.3) is 5.91 Å². The Bertz CT molecular complexity index is 1260. The Balaban J connectivity index is 1.36. The average molecular weight is 472 g/mol. The summed E-state index contributed by atoms with van der Waals surface area (Å²) < 4.78 is 10.7. The lowest BCUT2D eigenvalue weighted by Gasteiger charge is -2.28. The van der Waals surface area contributed by atoms with E-state index >= 15 is 0 Å². The summed E-state index contributed by atoms with van der Waals surface area (Å²) in [6.07, 6.45) is 0.268. The predicted molar refractivity (Wildman–Crippen MR) is 128 cm³/mol. The van der Waals surface area contributed by atoms with Crippen LogP contribution in [-0.4, -0.2) is 35.6 Å². The Morgan fingerprint density at radius 3 is 2.40 bits per heavy atom. The standard InChI is InChI=1S/C27H25N3O5/c1-18(24(31)28-16-20-12-13-22-23(14-20)35-17-34-22)30-25(32)27(29-26(30)33,21-10-6-3-7-11-21)15-19-8-4-2-5-9-19/h2-14,18H,15-17H2,1H3,(H,28,31)(H,29,33)/t18-,27-/m1/s1. The normalized spacial score (nSPS) is 19.4. The monoisotopic (exact) mass is 471 g/mol. The van der Waals surface area contributed by atoms with Gasteiger partial charge >= 0.3 is 6.03 Å². The van der Waals surface area contributed by atoms with Gasteiger partial charge in [0.15, 0.2) is 17.0 Å². The van der Waals surface area contributed by atoms with Crippen molar-refractivity contribution in [2.75, 3.05) is 6.79 Å². The number of hydrogen-bond acceptors (Lipinski definition) is 5. The number of amides is 4. The number of urea groups is 1. The number of carbonyl (C=O) groups excluding carboxylic acids is 3. The zero-order valence-corrected chi connectivity index (χ0v) is 19.2. The fourth-order valence-electron chi connectivity index (χ4n) is 4.49. The van der Waals surface area contributed by atoms with Crippen molar-refractivity contribution in [3.63, 3.8) is 0 Å². The summed E-state index contributed by atoms with van der Waals surface area (Å²) in [5, 5.41) is 5.71. The van der Waals surface area contributed by atoms with Crippen LogP contribution in [0.15, 0.2) is 78.9 Å². The maximum Gasteiger partial charge on any atom is 0.326 e. The predicted octanol–water partition coefficient (Wildman–Crippen LogP) is 3.11. The van der Waals surface area contributed by atoms with E-state index < -0.39 is 29.4 Å². The molecule has 0 saturated carbocycles. The lowest BCUT2D eigenvalue weighted by Crippen LogP contribution is -2.50. The van der Waals surface area contributed by atoms with E-state index in [0.717, 1.165) is 16.0 Å².